The number of nitrogens with two attached hydrogens (primary N) is 1. The third-order valence-corrected chi connectivity index (χ3v) is 2.13. The molecule has 0 spiro atoms. The summed E-state index contributed by atoms with van der Waals surface area (Å²) in [6.45, 7) is 0.513. The summed E-state index contributed by atoms with van der Waals surface area (Å²) in [5, 5.41) is 0. The second-order valence-electron chi connectivity index (χ2n) is 1.86. The van der Waals surface area contributed by atoms with E-state index in [1.807, 2.05) is 0 Å². The lowest BCUT2D eigenvalue weighted by molar-refractivity contribution is 0.113. The quantitative estimate of drug-likeness (QED) is 0.707. The van der Waals surface area contributed by atoms with Crippen molar-refractivity contribution in [3.8, 4) is 0 Å². The Morgan fingerprint density at radius 3 is 3.10 bits per heavy atom. The van der Waals surface area contributed by atoms with Gasteiger partial charge in [0.15, 0.2) is 0 Å². The number of ether oxygens (including phenoxy) is 1. The van der Waals surface area contributed by atoms with Gasteiger partial charge in [0.1, 0.15) is 6.10 Å². The highest BCUT2D eigenvalue weighted by Crippen LogP contribution is 2.18. The first kappa shape index (κ1) is 7.65. The molecule has 2 N–H and O–H groups in total. The van der Waals surface area contributed by atoms with E-state index in [0.29, 0.717) is 6.54 Å². The SMILES string of the molecule is COC(CN)c1cncs1. The van der Waals surface area contributed by atoms with E-state index in [0.717, 1.165) is 4.88 Å². The van der Waals surface area contributed by atoms with Gasteiger partial charge in [-0.25, -0.2) is 0 Å². The molecule has 1 unspecified atom stereocenters. The van der Waals surface area contributed by atoms with Gasteiger partial charge >= 0.3 is 0 Å². The first-order valence-corrected chi connectivity index (χ1v) is 3.87. The number of hydrogen-bond donors (Lipinski definition) is 1. The lowest BCUT2D eigenvalue weighted by atomic mass is 10.3. The number of thiazole rings is 1. The molecule has 0 aliphatic heterocycles. The van der Waals surface area contributed by atoms with Crippen LogP contribution in [-0.2, 0) is 4.74 Å². The Labute approximate surface area is 63.8 Å². The second-order valence-corrected chi connectivity index (χ2v) is 2.78. The van der Waals surface area contributed by atoms with Crippen LogP contribution in [0.15, 0.2) is 11.7 Å². The molecule has 0 saturated heterocycles. The summed E-state index contributed by atoms with van der Waals surface area (Å²) in [4.78, 5) is 5.01. The number of methoxy groups -OCH3 is 1. The van der Waals surface area contributed by atoms with Crippen LogP contribution in [0.2, 0.25) is 0 Å². The third kappa shape index (κ3) is 1.53. The molecule has 0 aliphatic rings. The van der Waals surface area contributed by atoms with E-state index in [1.54, 1.807) is 30.2 Å². The molecule has 1 atom stereocenters. The third-order valence-electron chi connectivity index (χ3n) is 1.27. The summed E-state index contributed by atoms with van der Waals surface area (Å²) in [5.74, 6) is 0. The lowest BCUT2D eigenvalue weighted by Gasteiger charge is -2.08. The van der Waals surface area contributed by atoms with Gasteiger partial charge in [-0.2, -0.15) is 0 Å². The van der Waals surface area contributed by atoms with Crippen molar-refractivity contribution >= 4 is 11.3 Å². The summed E-state index contributed by atoms with van der Waals surface area (Å²) in [6.07, 6.45) is 1.80. The first-order valence-electron chi connectivity index (χ1n) is 2.99. The molecule has 0 saturated carbocycles. The van der Waals surface area contributed by atoms with Crippen LogP contribution in [0.5, 0.6) is 0 Å². The van der Waals surface area contributed by atoms with Gasteiger partial charge in [-0.05, 0) is 0 Å². The van der Waals surface area contributed by atoms with Crippen LogP contribution in [-0.4, -0.2) is 18.6 Å². The molecular weight excluding hydrogens is 148 g/mol. The molecule has 0 radical (unpaired) electrons. The highest BCUT2D eigenvalue weighted by Gasteiger charge is 2.08. The van der Waals surface area contributed by atoms with Crippen LogP contribution in [0.4, 0.5) is 0 Å². The number of hydrogen-bond acceptors (Lipinski definition) is 4. The molecule has 0 fully saturated rings. The zero-order valence-corrected chi connectivity index (χ0v) is 6.60. The van der Waals surface area contributed by atoms with Crippen LogP contribution >= 0.6 is 11.3 Å². The van der Waals surface area contributed by atoms with Gasteiger partial charge in [-0.3, -0.25) is 4.98 Å². The van der Waals surface area contributed by atoms with Gasteiger partial charge in [0.05, 0.1) is 10.4 Å². The molecule has 4 heteroatoms. The molecule has 0 amide bonds. The topological polar surface area (TPSA) is 48.1 Å². The fraction of sp³-hybridized carbons (Fsp3) is 0.500. The predicted molar refractivity (Wildman–Crippen MR) is 40.9 cm³/mol. The van der Waals surface area contributed by atoms with Gasteiger partial charge in [0.2, 0.25) is 0 Å². The van der Waals surface area contributed by atoms with Crippen molar-refractivity contribution in [1.29, 1.82) is 0 Å². The van der Waals surface area contributed by atoms with Crippen molar-refractivity contribution in [1.82, 2.24) is 4.98 Å². The minimum Gasteiger partial charge on any atom is -0.375 e. The monoisotopic (exact) mass is 158 g/mol. The zero-order chi connectivity index (χ0) is 7.40. The Morgan fingerprint density at radius 1 is 1.90 bits per heavy atom. The first-order chi connectivity index (χ1) is 4.88. The molecule has 1 aromatic heterocycles. The summed E-state index contributed by atoms with van der Waals surface area (Å²) in [6, 6.07) is 0. The predicted octanol–water partition coefficient (Wildman–Crippen LogP) is 0.789. The van der Waals surface area contributed by atoms with Crippen molar-refractivity contribution in [3.05, 3.63) is 16.6 Å². The smallest absolute Gasteiger partial charge is 0.105 e. The molecule has 10 heavy (non-hydrogen) atoms. The largest absolute Gasteiger partial charge is 0.375 e. The van der Waals surface area contributed by atoms with Crippen molar-refractivity contribution in [3.63, 3.8) is 0 Å². The minimum absolute atomic E-state index is 0.0208. The Bertz CT molecular complexity index is 172. The molecule has 0 aliphatic carbocycles. The molecule has 0 aromatic carbocycles. The number of aromatic nitrogens is 1. The van der Waals surface area contributed by atoms with Gasteiger partial charge in [-0.15, -0.1) is 11.3 Å². The van der Waals surface area contributed by atoms with Crippen LogP contribution in [0.3, 0.4) is 0 Å². The van der Waals surface area contributed by atoms with E-state index in [9.17, 15) is 0 Å². The Morgan fingerprint density at radius 2 is 2.70 bits per heavy atom. The van der Waals surface area contributed by atoms with Gasteiger partial charge in [0, 0.05) is 19.9 Å². The highest BCUT2D eigenvalue weighted by molar-refractivity contribution is 7.09. The van der Waals surface area contributed by atoms with Crippen molar-refractivity contribution < 1.29 is 4.74 Å². The maximum Gasteiger partial charge on any atom is 0.105 e. The second kappa shape index (κ2) is 3.65. The summed E-state index contributed by atoms with van der Waals surface area (Å²) >= 11 is 1.56. The lowest BCUT2D eigenvalue weighted by Crippen LogP contribution is -2.12. The molecule has 56 valence electrons. The summed E-state index contributed by atoms with van der Waals surface area (Å²) < 4.78 is 5.09. The Hall–Kier alpha value is -0.450. The van der Waals surface area contributed by atoms with E-state index < -0.39 is 0 Å². The molecular formula is C6H10N2OS. The molecule has 1 aromatic rings. The average Bonchev–Trinajstić information content (AvgIpc) is 2.43. The molecule has 1 heterocycles. The Balaban J connectivity index is 2.64. The van der Waals surface area contributed by atoms with Crippen molar-refractivity contribution in [2.24, 2.45) is 5.73 Å². The van der Waals surface area contributed by atoms with Crippen LogP contribution in [0, 0.1) is 0 Å². The van der Waals surface area contributed by atoms with E-state index in [4.69, 9.17) is 10.5 Å². The van der Waals surface area contributed by atoms with E-state index in [-0.39, 0.29) is 6.10 Å². The maximum atomic E-state index is 5.43. The summed E-state index contributed by atoms with van der Waals surface area (Å²) in [7, 11) is 1.65. The zero-order valence-electron chi connectivity index (χ0n) is 5.78. The number of nitrogens with zero attached hydrogens (tertiary/aromatic N) is 1. The minimum atomic E-state index is 0.0208. The van der Waals surface area contributed by atoms with Crippen LogP contribution in [0.1, 0.15) is 11.0 Å². The van der Waals surface area contributed by atoms with E-state index in [1.165, 1.54) is 0 Å². The normalized spacial score (nSPS) is 13.4. The fourth-order valence-electron chi connectivity index (χ4n) is 0.713. The highest BCUT2D eigenvalue weighted by atomic mass is 32.1. The van der Waals surface area contributed by atoms with Crippen molar-refractivity contribution in [2.75, 3.05) is 13.7 Å². The van der Waals surface area contributed by atoms with Crippen molar-refractivity contribution in [2.45, 2.75) is 6.10 Å². The maximum absolute atomic E-state index is 5.43. The number of rotatable bonds is 3. The molecule has 1 rings (SSSR count). The standard InChI is InChI=1S/C6H10N2OS/c1-9-5(2-7)6-3-8-4-10-6/h3-5H,2,7H2,1H3. The average molecular weight is 158 g/mol. The van der Waals surface area contributed by atoms with Gasteiger partial charge in [0.25, 0.3) is 0 Å². The molecule has 0 bridgehead atoms. The van der Waals surface area contributed by atoms with E-state index >= 15 is 0 Å². The van der Waals surface area contributed by atoms with Gasteiger partial charge in [-0.1, -0.05) is 0 Å². The molecule has 3 nitrogen and oxygen atoms in total. The van der Waals surface area contributed by atoms with Crippen LogP contribution in [0.25, 0.3) is 0 Å². The van der Waals surface area contributed by atoms with Gasteiger partial charge < -0.3 is 10.5 Å². The van der Waals surface area contributed by atoms with Crippen LogP contribution < -0.4 is 5.73 Å². The Kier molecular flexibility index (Phi) is 2.80. The van der Waals surface area contributed by atoms with E-state index in [2.05, 4.69) is 4.98 Å². The fourth-order valence-corrected chi connectivity index (χ4v) is 1.42. The summed E-state index contributed by atoms with van der Waals surface area (Å²) in [5.41, 5.74) is 7.20.